The van der Waals surface area contributed by atoms with Gasteiger partial charge in [-0.15, -0.1) is 0 Å². The molecule has 1 saturated heterocycles. The molecule has 0 amide bonds. The van der Waals surface area contributed by atoms with Crippen LogP contribution < -0.4 is 4.74 Å². The lowest BCUT2D eigenvalue weighted by Gasteiger charge is -2.17. The molecule has 7 nitrogen and oxygen atoms in total. The second-order valence-corrected chi connectivity index (χ2v) is 7.42. The van der Waals surface area contributed by atoms with Crippen LogP contribution in [0.5, 0.6) is 5.88 Å². The fraction of sp³-hybridized carbons (Fsp3) is 0.312. The maximum atomic E-state index is 12.5. The summed E-state index contributed by atoms with van der Waals surface area (Å²) in [5.74, 6) is 0.113. The lowest BCUT2D eigenvalue weighted by Crippen LogP contribution is -2.32. The van der Waals surface area contributed by atoms with Crippen molar-refractivity contribution < 1.29 is 13.2 Å². The molecule has 0 bridgehead atoms. The molecule has 0 radical (unpaired) electrons. The van der Waals surface area contributed by atoms with Gasteiger partial charge in [-0.2, -0.15) is 9.57 Å². The smallest absolute Gasteiger partial charge is 0.251 e. The van der Waals surface area contributed by atoms with Gasteiger partial charge in [-0.05, 0) is 12.0 Å². The number of nitrogens with zero attached hydrogens (tertiary/aromatic N) is 4. The quantitative estimate of drug-likeness (QED) is 0.812. The Morgan fingerprint density at radius 1 is 1.25 bits per heavy atom. The molecule has 2 heterocycles. The summed E-state index contributed by atoms with van der Waals surface area (Å²) in [5, 5.41) is 9.00. The van der Waals surface area contributed by atoms with Gasteiger partial charge in [0.15, 0.2) is 0 Å². The number of nitriles is 1. The van der Waals surface area contributed by atoms with Crippen LogP contribution in [-0.4, -0.2) is 41.9 Å². The Kier molecular flexibility index (Phi) is 4.74. The fourth-order valence-corrected chi connectivity index (χ4v) is 4.14. The normalized spacial score (nSPS) is 18.2. The molecule has 2 aromatic rings. The Balaban J connectivity index is 1.66. The first kappa shape index (κ1) is 16.4. The predicted molar refractivity (Wildman–Crippen MR) is 86.4 cm³/mol. The minimum atomic E-state index is -3.40. The second kappa shape index (κ2) is 6.95. The van der Waals surface area contributed by atoms with Crippen molar-refractivity contribution in [1.82, 2.24) is 14.3 Å². The molecule has 0 spiro atoms. The Labute approximate surface area is 140 Å². The van der Waals surface area contributed by atoms with E-state index in [2.05, 4.69) is 9.97 Å². The monoisotopic (exact) mass is 344 g/mol. The standard InChI is InChI=1S/C16H16N4O3S/c17-10-15-16(19-8-7-18-15)23-14-6-9-20(11-14)24(21,22)12-13-4-2-1-3-5-13/h1-5,7-8,14H,6,9,11-12H2. The van der Waals surface area contributed by atoms with Gasteiger partial charge in [-0.3, -0.25) is 0 Å². The first-order valence-electron chi connectivity index (χ1n) is 7.48. The van der Waals surface area contributed by atoms with E-state index < -0.39 is 10.0 Å². The Morgan fingerprint density at radius 3 is 2.75 bits per heavy atom. The van der Waals surface area contributed by atoms with Crippen LogP contribution >= 0.6 is 0 Å². The van der Waals surface area contributed by atoms with Crippen molar-refractivity contribution >= 4 is 10.0 Å². The van der Waals surface area contributed by atoms with E-state index >= 15 is 0 Å². The van der Waals surface area contributed by atoms with Gasteiger partial charge in [0.25, 0.3) is 5.88 Å². The van der Waals surface area contributed by atoms with Crippen molar-refractivity contribution in [3.63, 3.8) is 0 Å². The summed E-state index contributed by atoms with van der Waals surface area (Å²) in [6.45, 7) is 0.637. The topological polar surface area (TPSA) is 96.2 Å². The van der Waals surface area contributed by atoms with Crippen molar-refractivity contribution in [1.29, 1.82) is 5.26 Å². The van der Waals surface area contributed by atoms with Gasteiger partial charge in [0.2, 0.25) is 15.7 Å². The first-order chi connectivity index (χ1) is 11.6. The number of benzene rings is 1. The lowest BCUT2D eigenvalue weighted by molar-refractivity contribution is 0.205. The van der Waals surface area contributed by atoms with Crippen molar-refractivity contribution in [3.8, 4) is 11.9 Å². The summed E-state index contributed by atoms with van der Waals surface area (Å²) in [4.78, 5) is 7.88. The van der Waals surface area contributed by atoms with E-state index in [1.165, 1.54) is 16.7 Å². The van der Waals surface area contributed by atoms with E-state index in [1.807, 2.05) is 24.3 Å². The van der Waals surface area contributed by atoms with E-state index in [4.69, 9.17) is 10.00 Å². The van der Waals surface area contributed by atoms with E-state index in [1.54, 1.807) is 12.1 Å². The van der Waals surface area contributed by atoms with Crippen LogP contribution in [0.4, 0.5) is 0 Å². The van der Waals surface area contributed by atoms with Gasteiger partial charge >= 0.3 is 0 Å². The molecule has 1 aliphatic heterocycles. The highest BCUT2D eigenvalue weighted by atomic mass is 32.2. The second-order valence-electron chi connectivity index (χ2n) is 5.45. The Hall–Kier alpha value is -2.50. The summed E-state index contributed by atoms with van der Waals surface area (Å²) in [6, 6.07) is 11.0. The molecule has 1 atom stereocenters. The highest BCUT2D eigenvalue weighted by molar-refractivity contribution is 7.88. The van der Waals surface area contributed by atoms with E-state index in [0.29, 0.717) is 13.0 Å². The van der Waals surface area contributed by atoms with Gasteiger partial charge in [-0.1, -0.05) is 30.3 Å². The van der Waals surface area contributed by atoms with Crippen molar-refractivity contribution in [3.05, 3.63) is 54.0 Å². The van der Waals surface area contributed by atoms with E-state index in [0.717, 1.165) is 5.56 Å². The van der Waals surface area contributed by atoms with Crippen molar-refractivity contribution in [2.75, 3.05) is 13.1 Å². The van der Waals surface area contributed by atoms with Gasteiger partial charge in [0.05, 0.1) is 12.3 Å². The zero-order valence-corrected chi connectivity index (χ0v) is 13.7. The maximum Gasteiger partial charge on any atom is 0.251 e. The fourth-order valence-electron chi connectivity index (χ4n) is 2.57. The summed E-state index contributed by atoms with van der Waals surface area (Å²) in [7, 11) is -3.40. The Morgan fingerprint density at radius 2 is 2.00 bits per heavy atom. The van der Waals surface area contributed by atoms with Crippen molar-refractivity contribution in [2.45, 2.75) is 18.3 Å². The maximum absolute atomic E-state index is 12.5. The molecule has 1 aromatic heterocycles. The zero-order valence-electron chi connectivity index (χ0n) is 12.9. The molecule has 8 heteroatoms. The molecule has 1 fully saturated rings. The molecular weight excluding hydrogens is 328 g/mol. The third kappa shape index (κ3) is 3.69. The molecule has 24 heavy (non-hydrogen) atoms. The van der Waals surface area contributed by atoms with Crippen LogP contribution in [0.2, 0.25) is 0 Å². The molecular formula is C16H16N4O3S. The average Bonchev–Trinajstić information content (AvgIpc) is 3.05. The molecule has 124 valence electrons. The van der Waals surface area contributed by atoms with Crippen LogP contribution in [-0.2, 0) is 15.8 Å². The summed E-state index contributed by atoms with van der Waals surface area (Å²) >= 11 is 0. The van der Waals surface area contributed by atoms with Crippen LogP contribution in [0.3, 0.4) is 0 Å². The third-order valence-electron chi connectivity index (χ3n) is 3.74. The van der Waals surface area contributed by atoms with Gasteiger partial charge in [0, 0.05) is 18.9 Å². The van der Waals surface area contributed by atoms with Crippen LogP contribution in [0.1, 0.15) is 17.7 Å². The number of aromatic nitrogens is 2. The van der Waals surface area contributed by atoms with Crippen LogP contribution in [0.15, 0.2) is 42.7 Å². The molecule has 3 rings (SSSR count). The van der Waals surface area contributed by atoms with Crippen LogP contribution in [0.25, 0.3) is 0 Å². The van der Waals surface area contributed by atoms with E-state index in [9.17, 15) is 8.42 Å². The molecule has 1 aromatic carbocycles. The highest BCUT2D eigenvalue weighted by Crippen LogP contribution is 2.22. The van der Waals surface area contributed by atoms with Crippen molar-refractivity contribution in [2.24, 2.45) is 0 Å². The minimum Gasteiger partial charge on any atom is -0.471 e. The number of ether oxygens (including phenoxy) is 1. The molecule has 0 saturated carbocycles. The third-order valence-corrected chi connectivity index (χ3v) is 5.56. The number of sulfonamides is 1. The predicted octanol–water partition coefficient (Wildman–Crippen LogP) is 1.33. The number of hydrogen-bond acceptors (Lipinski definition) is 6. The van der Waals surface area contributed by atoms with Gasteiger partial charge < -0.3 is 4.74 Å². The van der Waals surface area contributed by atoms with E-state index in [-0.39, 0.29) is 30.0 Å². The molecule has 1 unspecified atom stereocenters. The molecule has 0 aliphatic carbocycles. The Bertz CT molecular complexity index is 849. The summed E-state index contributed by atoms with van der Waals surface area (Å²) in [6.07, 6.45) is 3.07. The minimum absolute atomic E-state index is 0.0326. The van der Waals surface area contributed by atoms with Gasteiger partial charge in [0.1, 0.15) is 12.2 Å². The highest BCUT2D eigenvalue weighted by Gasteiger charge is 2.33. The van der Waals surface area contributed by atoms with Crippen LogP contribution in [0, 0.1) is 11.3 Å². The zero-order chi connectivity index (χ0) is 17.0. The number of rotatable bonds is 5. The molecule has 1 aliphatic rings. The SMILES string of the molecule is N#Cc1nccnc1OC1CCN(S(=O)(=O)Cc2ccccc2)C1. The summed E-state index contributed by atoms with van der Waals surface area (Å²) < 4.78 is 32.1. The molecule has 0 N–H and O–H groups in total. The summed E-state index contributed by atoms with van der Waals surface area (Å²) in [5.41, 5.74) is 0.852. The first-order valence-corrected chi connectivity index (χ1v) is 9.09. The number of hydrogen-bond donors (Lipinski definition) is 0. The van der Waals surface area contributed by atoms with Gasteiger partial charge in [-0.25, -0.2) is 18.4 Å². The lowest BCUT2D eigenvalue weighted by atomic mass is 10.2. The average molecular weight is 344 g/mol. The largest absolute Gasteiger partial charge is 0.471 e.